The molecule has 0 spiro atoms. The maximum Gasteiger partial charge on any atom is 0.335 e. The Morgan fingerprint density at radius 3 is 2.25 bits per heavy atom. The highest BCUT2D eigenvalue weighted by atomic mass is 16.7. The molecule has 0 aromatic heterocycles. The molecule has 1 aliphatic rings. The van der Waals surface area contributed by atoms with Crippen molar-refractivity contribution in [3.05, 3.63) is 0 Å². The maximum atomic E-state index is 11.2. The number of esters is 1. The third-order valence-electron chi connectivity index (χ3n) is 2.72. The number of carbonyl (C=O) groups excluding carboxylic acids is 1. The number of hydrogen-bond acceptors (Lipinski definition) is 9. The van der Waals surface area contributed by atoms with E-state index in [0.717, 1.165) is 0 Å². The molecule has 6 atom stereocenters. The molecule has 6 N–H and O–H groups in total. The second-order valence-corrected chi connectivity index (χ2v) is 4.28. The van der Waals surface area contributed by atoms with Gasteiger partial charge in [0.25, 0.3) is 0 Å². The number of ether oxygens (including phenoxy) is 2. The Bertz CT molecular complexity index is 358. The number of carboxylic acid groups (broad SMARTS) is 1. The minimum Gasteiger partial charge on any atom is -0.481 e. The lowest BCUT2D eigenvalue weighted by atomic mass is 9.99. The van der Waals surface area contributed by atoms with Crippen molar-refractivity contribution in [2.45, 2.75) is 43.2 Å². The third-order valence-corrected chi connectivity index (χ3v) is 2.72. The van der Waals surface area contributed by atoms with Crippen molar-refractivity contribution >= 4 is 11.9 Å². The van der Waals surface area contributed by atoms with Gasteiger partial charge in [-0.15, -0.1) is 0 Å². The lowest BCUT2D eigenvalue weighted by Crippen LogP contribution is -2.58. The van der Waals surface area contributed by atoms with Crippen molar-refractivity contribution in [1.29, 1.82) is 0 Å². The molecule has 1 aliphatic heterocycles. The van der Waals surface area contributed by atoms with Gasteiger partial charge >= 0.3 is 11.9 Å². The highest BCUT2D eigenvalue weighted by molar-refractivity contribution is 5.80. The molecular formula is C10H16O10. The topological polar surface area (TPSA) is 174 Å². The molecule has 0 radical (unpaired) electrons. The quantitative estimate of drug-likeness (QED) is 0.276. The Morgan fingerprint density at radius 2 is 1.70 bits per heavy atom. The van der Waals surface area contributed by atoms with Crippen LogP contribution in [0, 0.1) is 0 Å². The van der Waals surface area contributed by atoms with E-state index in [4.69, 9.17) is 14.9 Å². The van der Waals surface area contributed by atoms with E-state index < -0.39 is 61.8 Å². The lowest BCUT2D eigenvalue weighted by Gasteiger charge is -2.37. The number of aliphatic carboxylic acids is 1. The second-order valence-electron chi connectivity index (χ2n) is 4.28. The number of carboxylic acids is 1. The van der Waals surface area contributed by atoms with Crippen molar-refractivity contribution in [2.75, 3.05) is 6.61 Å². The normalized spacial score (nSPS) is 35.4. The zero-order valence-electron chi connectivity index (χ0n) is 10.2. The summed E-state index contributed by atoms with van der Waals surface area (Å²) in [4.78, 5) is 21.5. The summed E-state index contributed by atoms with van der Waals surface area (Å²) < 4.78 is 9.22. The van der Waals surface area contributed by atoms with Gasteiger partial charge in [-0.05, 0) is 0 Å². The van der Waals surface area contributed by atoms with Gasteiger partial charge in [0.2, 0.25) is 0 Å². The zero-order valence-corrected chi connectivity index (χ0v) is 10.2. The number of rotatable bonds is 5. The van der Waals surface area contributed by atoms with Crippen molar-refractivity contribution in [2.24, 2.45) is 0 Å². The predicted octanol–water partition coefficient (Wildman–Crippen LogP) is -3.83. The van der Waals surface area contributed by atoms with Crippen LogP contribution in [-0.4, -0.2) is 86.0 Å². The minimum atomic E-state index is -1.88. The number of hydrogen-bond donors (Lipinski definition) is 6. The van der Waals surface area contributed by atoms with Crippen LogP contribution in [0.1, 0.15) is 6.42 Å². The van der Waals surface area contributed by atoms with Crippen LogP contribution in [0.15, 0.2) is 0 Å². The van der Waals surface area contributed by atoms with Gasteiger partial charge in [-0.25, -0.2) is 4.79 Å². The SMILES string of the molecule is O=C(O)C[C@H](O)C(=O)OC[C@H]1OC(O)[C@H](O)[C@@H](O)[C@@H]1O. The van der Waals surface area contributed by atoms with E-state index in [1.165, 1.54) is 0 Å². The number of aliphatic hydroxyl groups excluding tert-OH is 5. The molecule has 10 heteroatoms. The fraction of sp³-hybridized carbons (Fsp3) is 0.800. The standard InChI is InChI=1S/C10H16O10/c11-3(1-5(12)13)9(17)19-2-4-6(14)7(15)8(16)10(18)20-4/h3-4,6-8,10-11,14-16,18H,1-2H2,(H,12,13)/t3-,4+,6+,7-,8+,10?/m0/s1. The van der Waals surface area contributed by atoms with E-state index >= 15 is 0 Å². The second kappa shape index (κ2) is 6.92. The minimum absolute atomic E-state index is 0.641. The molecule has 0 aromatic carbocycles. The molecular weight excluding hydrogens is 280 g/mol. The van der Waals surface area contributed by atoms with Gasteiger partial charge in [0.05, 0.1) is 6.42 Å². The summed E-state index contributed by atoms with van der Waals surface area (Å²) in [6.07, 6.45) is -10.9. The van der Waals surface area contributed by atoms with Crippen LogP contribution in [0.4, 0.5) is 0 Å². The van der Waals surface area contributed by atoms with Gasteiger partial charge < -0.3 is 40.1 Å². The van der Waals surface area contributed by atoms with Crippen LogP contribution in [0.25, 0.3) is 0 Å². The summed E-state index contributed by atoms with van der Waals surface area (Å²) in [6.45, 7) is -0.641. The van der Waals surface area contributed by atoms with Gasteiger partial charge in [0.1, 0.15) is 31.0 Å². The van der Waals surface area contributed by atoms with E-state index in [2.05, 4.69) is 4.74 Å². The Hall–Kier alpha value is -1.30. The maximum absolute atomic E-state index is 11.2. The summed E-state index contributed by atoms with van der Waals surface area (Å²) in [5.74, 6) is -2.66. The average molecular weight is 296 g/mol. The summed E-state index contributed by atoms with van der Waals surface area (Å²) >= 11 is 0. The number of carbonyl (C=O) groups is 2. The number of aliphatic hydroxyl groups is 5. The van der Waals surface area contributed by atoms with Crippen molar-refractivity contribution in [3.63, 3.8) is 0 Å². The lowest BCUT2D eigenvalue weighted by molar-refractivity contribution is -0.287. The summed E-state index contributed by atoms with van der Waals surface area (Å²) in [5.41, 5.74) is 0. The molecule has 10 nitrogen and oxygen atoms in total. The van der Waals surface area contributed by atoms with Crippen LogP contribution >= 0.6 is 0 Å². The molecule has 0 amide bonds. The molecule has 0 saturated carbocycles. The van der Waals surface area contributed by atoms with Gasteiger partial charge in [0.15, 0.2) is 12.4 Å². The average Bonchev–Trinajstić information content (AvgIpc) is 2.37. The summed E-state index contributed by atoms with van der Waals surface area (Å²) in [7, 11) is 0. The molecule has 1 rings (SSSR count). The van der Waals surface area contributed by atoms with Crippen LogP contribution < -0.4 is 0 Å². The Kier molecular flexibility index (Phi) is 5.80. The fourth-order valence-corrected chi connectivity index (χ4v) is 1.58. The van der Waals surface area contributed by atoms with E-state index in [1.807, 2.05) is 0 Å². The first-order chi connectivity index (χ1) is 9.23. The van der Waals surface area contributed by atoms with Gasteiger partial charge in [-0.3, -0.25) is 4.79 Å². The summed E-state index contributed by atoms with van der Waals surface area (Å²) in [6, 6.07) is 0. The summed E-state index contributed by atoms with van der Waals surface area (Å²) in [5, 5.41) is 54.8. The molecule has 1 saturated heterocycles. The molecule has 1 heterocycles. The molecule has 1 fully saturated rings. The first-order valence-corrected chi connectivity index (χ1v) is 5.68. The molecule has 1 unspecified atom stereocenters. The van der Waals surface area contributed by atoms with E-state index in [-0.39, 0.29) is 0 Å². The van der Waals surface area contributed by atoms with Crippen LogP contribution in [0.2, 0.25) is 0 Å². The van der Waals surface area contributed by atoms with E-state index in [0.29, 0.717) is 0 Å². The monoisotopic (exact) mass is 296 g/mol. The van der Waals surface area contributed by atoms with E-state index in [1.54, 1.807) is 0 Å². The van der Waals surface area contributed by atoms with Crippen LogP contribution in [0.5, 0.6) is 0 Å². The van der Waals surface area contributed by atoms with E-state index in [9.17, 15) is 30.0 Å². The largest absolute Gasteiger partial charge is 0.481 e. The smallest absolute Gasteiger partial charge is 0.335 e. The van der Waals surface area contributed by atoms with Gasteiger partial charge in [-0.1, -0.05) is 0 Å². The first kappa shape index (κ1) is 16.8. The Balaban J connectivity index is 2.48. The third kappa shape index (κ3) is 4.10. The predicted molar refractivity (Wildman–Crippen MR) is 58.1 cm³/mol. The van der Waals surface area contributed by atoms with Crippen LogP contribution in [0.3, 0.4) is 0 Å². The molecule has 0 aromatic rings. The molecule has 0 bridgehead atoms. The first-order valence-electron chi connectivity index (χ1n) is 5.68. The highest BCUT2D eigenvalue weighted by Gasteiger charge is 2.43. The van der Waals surface area contributed by atoms with Gasteiger partial charge in [-0.2, -0.15) is 0 Å². The van der Waals surface area contributed by atoms with Crippen molar-refractivity contribution < 1.29 is 49.7 Å². The van der Waals surface area contributed by atoms with Crippen molar-refractivity contribution in [3.8, 4) is 0 Å². The molecule has 116 valence electrons. The van der Waals surface area contributed by atoms with Crippen molar-refractivity contribution in [1.82, 2.24) is 0 Å². The molecule has 20 heavy (non-hydrogen) atoms. The fourth-order valence-electron chi connectivity index (χ4n) is 1.58. The van der Waals surface area contributed by atoms with Gasteiger partial charge in [0, 0.05) is 0 Å². The highest BCUT2D eigenvalue weighted by Crippen LogP contribution is 2.20. The molecule has 0 aliphatic carbocycles. The van der Waals surface area contributed by atoms with Crippen LogP contribution in [-0.2, 0) is 19.1 Å². The zero-order chi connectivity index (χ0) is 15.4. The Morgan fingerprint density at radius 1 is 1.10 bits per heavy atom. The Labute approximate surface area is 112 Å².